The van der Waals surface area contributed by atoms with Gasteiger partial charge in [0.1, 0.15) is 10.7 Å². The number of benzene rings is 1. The lowest BCUT2D eigenvalue weighted by Crippen LogP contribution is -2.55. The lowest BCUT2D eigenvalue weighted by atomic mass is 10.0. The summed E-state index contributed by atoms with van der Waals surface area (Å²) in [6.07, 6.45) is 0. The van der Waals surface area contributed by atoms with Gasteiger partial charge in [0, 0.05) is 17.5 Å². The Kier molecular flexibility index (Phi) is 3.69. The van der Waals surface area contributed by atoms with Crippen LogP contribution >= 0.6 is 11.3 Å². The number of fused-ring (bicyclic) bond motifs is 1. The molecule has 2 aromatic rings. The van der Waals surface area contributed by atoms with E-state index >= 15 is 0 Å². The van der Waals surface area contributed by atoms with E-state index in [4.69, 9.17) is 14.2 Å². The number of carbonyl (C=O) groups excluding carboxylic acids is 1. The number of thiazole rings is 1. The highest BCUT2D eigenvalue weighted by atomic mass is 32.1. The summed E-state index contributed by atoms with van der Waals surface area (Å²) < 4.78 is 16.2. The van der Waals surface area contributed by atoms with Crippen LogP contribution in [0.1, 0.15) is 24.3 Å². The average Bonchev–Trinajstić information content (AvgIpc) is 3.22. The Morgan fingerprint density at radius 2 is 2.12 bits per heavy atom. The number of hydrogen-bond donors (Lipinski definition) is 0. The van der Waals surface area contributed by atoms with Crippen LogP contribution in [0.3, 0.4) is 0 Å². The smallest absolute Gasteiger partial charge is 0.273 e. The number of rotatable bonds is 2. The lowest BCUT2D eigenvalue weighted by molar-refractivity contribution is -0.0372. The number of ether oxygens (including phenoxy) is 3. The molecule has 0 bridgehead atoms. The summed E-state index contributed by atoms with van der Waals surface area (Å²) in [6.45, 7) is 5.95. The first-order chi connectivity index (χ1) is 11.5. The van der Waals surface area contributed by atoms with Crippen molar-refractivity contribution in [2.24, 2.45) is 0 Å². The van der Waals surface area contributed by atoms with Crippen molar-refractivity contribution in [1.82, 2.24) is 9.88 Å². The van der Waals surface area contributed by atoms with Gasteiger partial charge in [-0.15, -0.1) is 11.3 Å². The first kappa shape index (κ1) is 15.4. The third-order valence-corrected chi connectivity index (χ3v) is 5.12. The normalized spacial score (nSPS) is 18.7. The van der Waals surface area contributed by atoms with Gasteiger partial charge >= 0.3 is 0 Å². The third-order valence-electron chi connectivity index (χ3n) is 4.23. The molecule has 1 aromatic carbocycles. The average molecular weight is 346 g/mol. The van der Waals surface area contributed by atoms with Gasteiger partial charge in [0.25, 0.3) is 5.91 Å². The molecule has 24 heavy (non-hydrogen) atoms. The third kappa shape index (κ3) is 2.63. The maximum absolute atomic E-state index is 12.8. The van der Waals surface area contributed by atoms with Crippen LogP contribution in [0.5, 0.6) is 11.5 Å². The van der Waals surface area contributed by atoms with Crippen LogP contribution < -0.4 is 9.47 Å². The van der Waals surface area contributed by atoms with Gasteiger partial charge in [-0.25, -0.2) is 4.98 Å². The number of nitrogens with zero attached hydrogens (tertiary/aromatic N) is 2. The molecule has 0 saturated carbocycles. The quantitative estimate of drug-likeness (QED) is 0.837. The monoisotopic (exact) mass is 346 g/mol. The molecule has 0 radical (unpaired) electrons. The van der Waals surface area contributed by atoms with Crippen molar-refractivity contribution in [1.29, 1.82) is 0 Å². The van der Waals surface area contributed by atoms with E-state index < -0.39 is 0 Å². The molecule has 7 heteroatoms. The topological polar surface area (TPSA) is 60.9 Å². The van der Waals surface area contributed by atoms with Crippen LogP contribution in [0, 0.1) is 0 Å². The highest BCUT2D eigenvalue weighted by Crippen LogP contribution is 2.37. The molecule has 4 rings (SSSR count). The molecule has 126 valence electrons. The van der Waals surface area contributed by atoms with Crippen molar-refractivity contribution in [2.75, 3.05) is 26.6 Å². The lowest BCUT2D eigenvalue weighted by Gasteiger charge is -2.41. The minimum absolute atomic E-state index is 0.0495. The Labute approximate surface area is 144 Å². The van der Waals surface area contributed by atoms with E-state index in [1.54, 1.807) is 0 Å². The van der Waals surface area contributed by atoms with Crippen molar-refractivity contribution in [2.45, 2.75) is 19.4 Å². The maximum Gasteiger partial charge on any atom is 0.273 e. The van der Waals surface area contributed by atoms with Crippen molar-refractivity contribution in [3.63, 3.8) is 0 Å². The van der Waals surface area contributed by atoms with Crippen LogP contribution in [0.25, 0.3) is 10.6 Å². The van der Waals surface area contributed by atoms with E-state index in [1.807, 2.05) is 42.3 Å². The zero-order valence-corrected chi connectivity index (χ0v) is 14.4. The van der Waals surface area contributed by atoms with E-state index in [0.29, 0.717) is 31.2 Å². The SMILES string of the molecule is CC1(C)COCCN1C(=O)c1csc(-c2ccc3c(c2)OCO3)n1. The van der Waals surface area contributed by atoms with E-state index in [9.17, 15) is 4.79 Å². The first-order valence-corrected chi connectivity index (χ1v) is 8.68. The van der Waals surface area contributed by atoms with Gasteiger partial charge in [0.05, 0.1) is 18.8 Å². The summed E-state index contributed by atoms with van der Waals surface area (Å²) >= 11 is 1.45. The molecule has 6 nitrogen and oxygen atoms in total. The van der Waals surface area contributed by atoms with Crippen molar-refractivity contribution in [3.05, 3.63) is 29.3 Å². The van der Waals surface area contributed by atoms with E-state index in [2.05, 4.69) is 4.98 Å². The Hall–Kier alpha value is -2.12. The number of morpholine rings is 1. The molecule has 2 aliphatic heterocycles. The summed E-state index contributed by atoms with van der Waals surface area (Å²) in [7, 11) is 0. The summed E-state index contributed by atoms with van der Waals surface area (Å²) in [6, 6.07) is 5.69. The van der Waals surface area contributed by atoms with Crippen LogP contribution in [0.4, 0.5) is 0 Å². The van der Waals surface area contributed by atoms with Gasteiger partial charge in [0.15, 0.2) is 11.5 Å². The van der Waals surface area contributed by atoms with Crippen molar-refractivity contribution >= 4 is 17.2 Å². The Bertz CT molecular complexity index is 787. The standard InChI is InChI=1S/C17H18N2O4S/c1-17(2)9-21-6-5-19(17)16(20)12-8-24-15(18-12)11-3-4-13-14(7-11)23-10-22-13/h3-4,7-8H,5-6,9-10H2,1-2H3. The number of amides is 1. The predicted octanol–water partition coefficient (Wildman–Crippen LogP) is 2.79. The highest BCUT2D eigenvalue weighted by Gasteiger charge is 2.35. The molecule has 0 aliphatic carbocycles. The summed E-state index contributed by atoms with van der Waals surface area (Å²) in [5, 5.41) is 2.61. The van der Waals surface area contributed by atoms with Gasteiger partial charge in [-0.05, 0) is 32.0 Å². The zero-order chi connectivity index (χ0) is 16.7. The maximum atomic E-state index is 12.8. The number of aromatic nitrogens is 1. The number of hydrogen-bond acceptors (Lipinski definition) is 6. The highest BCUT2D eigenvalue weighted by molar-refractivity contribution is 7.13. The van der Waals surface area contributed by atoms with Crippen LogP contribution in [-0.2, 0) is 4.74 Å². The molecule has 0 N–H and O–H groups in total. The fraction of sp³-hybridized carbons (Fsp3) is 0.412. The summed E-state index contributed by atoms with van der Waals surface area (Å²) in [5.41, 5.74) is 1.07. The summed E-state index contributed by atoms with van der Waals surface area (Å²) in [4.78, 5) is 19.2. The molecule has 0 atom stereocenters. The molecule has 3 heterocycles. The largest absolute Gasteiger partial charge is 0.454 e. The molecule has 1 fully saturated rings. The van der Waals surface area contributed by atoms with E-state index in [-0.39, 0.29) is 18.2 Å². The molecule has 1 saturated heterocycles. The molecular formula is C17H18N2O4S. The fourth-order valence-electron chi connectivity index (χ4n) is 2.91. The minimum Gasteiger partial charge on any atom is -0.454 e. The molecular weight excluding hydrogens is 328 g/mol. The van der Waals surface area contributed by atoms with Crippen molar-refractivity contribution < 1.29 is 19.0 Å². The zero-order valence-electron chi connectivity index (χ0n) is 13.6. The molecule has 0 spiro atoms. The predicted molar refractivity (Wildman–Crippen MR) is 89.6 cm³/mol. The van der Waals surface area contributed by atoms with Crippen LogP contribution in [-0.4, -0.2) is 47.9 Å². The Morgan fingerprint density at radius 1 is 1.29 bits per heavy atom. The molecule has 1 amide bonds. The first-order valence-electron chi connectivity index (χ1n) is 7.80. The van der Waals surface area contributed by atoms with Crippen LogP contribution in [0.15, 0.2) is 23.6 Å². The minimum atomic E-state index is -0.322. The fourth-order valence-corrected chi connectivity index (χ4v) is 3.70. The van der Waals surface area contributed by atoms with Crippen LogP contribution in [0.2, 0.25) is 0 Å². The van der Waals surface area contributed by atoms with Gasteiger partial charge in [-0.3, -0.25) is 4.79 Å². The second-order valence-electron chi connectivity index (χ2n) is 6.43. The van der Waals surface area contributed by atoms with Gasteiger partial charge in [0.2, 0.25) is 6.79 Å². The van der Waals surface area contributed by atoms with E-state index in [1.165, 1.54) is 11.3 Å². The summed E-state index contributed by atoms with van der Waals surface area (Å²) in [5.74, 6) is 1.40. The molecule has 0 unspecified atom stereocenters. The second kappa shape index (κ2) is 5.75. The van der Waals surface area contributed by atoms with E-state index in [0.717, 1.165) is 16.3 Å². The van der Waals surface area contributed by atoms with Gasteiger partial charge in [-0.2, -0.15) is 0 Å². The molecule has 2 aliphatic rings. The Balaban J connectivity index is 1.59. The second-order valence-corrected chi connectivity index (χ2v) is 7.29. The Morgan fingerprint density at radius 3 is 2.96 bits per heavy atom. The molecule has 1 aromatic heterocycles. The number of carbonyl (C=O) groups is 1. The van der Waals surface area contributed by atoms with Crippen molar-refractivity contribution in [3.8, 4) is 22.1 Å². The van der Waals surface area contributed by atoms with Gasteiger partial charge in [-0.1, -0.05) is 0 Å². The van der Waals surface area contributed by atoms with Gasteiger partial charge < -0.3 is 19.1 Å².